The van der Waals surface area contributed by atoms with Crippen LogP contribution < -0.4 is 0 Å². The van der Waals surface area contributed by atoms with Gasteiger partial charge in [-0.3, -0.25) is 4.79 Å². The van der Waals surface area contributed by atoms with Gasteiger partial charge in [0.15, 0.2) is 0 Å². The number of aromatic nitrogens is 1. The first-order valence-electron chi connectivity index (χ1n) is 6.43. The number of para-hydroxylation sites is 1. The van der Waals surface area contributed by atoms with E-state index in [1.807, 2.05) is 24.3 Å². The molecule has 0 radical (unpaired) electrons. The molecule has 1 aromatic heterocycles. The Morgan fingerprint density at radius 3 is 3.05 bits per heavy atom. The molecule has 0 aliphatic carbocycles. The number of benzene rings is 1. The number of fused-ring (bicyclic) bond motifs is 1. The molecule has 1 saturated heterocycles. The molecule has 0 spiro atoms. The van der Waals surface area contributed by atoms with Gasteiger partial charge in [-0.2, -0.15) is 0 Å². The summed E-state index contributed by atoms with van der Waals surface area (Å²) in [4.78, 5) is 27.3. The first-order valence-corrected chi connectivity index (χ1v) is 7.24. The average molecular weight is 291 g/mol. The lowest BCUT2D eigenvalue weighted by Crippen LogP contribution is -2.22. The lowest BCUT2D eigenvalue weighted by molar-refractivity contribution is -0.160. The van der Waals surface area contributed by atoms with Gasteiger partial charge < -0.3 is 9.47 Å². The van der Waals surface area contributed by atoms with Gasteiger partial charge in [0.1, 0.15) is 0 Å². The summed E-state index contributed by atoms with van der Waals surface area (Å²) in [6, 6.07) is 7.85. The number of nitrogens with zero attached hydrogens (tertiary/aromatic N) is 1. The van der Waals surface area contributed by atoms with Crippen molar-refractivity contribution in [3.05, 3.63) is 29.3 Å². The highest BCUT2D eigenvalue weighted by atomic mass is 32.1. The maximum atomic E-state index is 11.7. The van der Waals surface area contributed by atoms with E-state index in [0.717, 1.165) is 15.2 Å². The van der Waals surface area contributed by atoms with E-state index in [9.17, 15) is 9.59 Å². The Bertz CT molecular complexity index is 618. The first kappa shape index (κ1) is 13.1. The summed E-state index contributed by atoms with van der Waals surface area (Å²) in [5, 5.41) is 0.900. The van der Waals surface area contributed by atoms with Gasteiger partial charge in [0.25, 0.3) is 0 Å². The van der Waals surface area contributed by atoms with Gasteiger partial charge in [-0.05, 0) is 12.1 Å². The van der Waals surface area contributed by atoms with Crippen LogP contribution in [-0.2, 0) is 25.5 Å². The molecule has 1 aliphatic heterocycles. The number of hydrogen-bond acceptors (Lipinski definition) is 6. The molecule has 1 unspecified atom stereocenters. The molecular formula is C14H13NO4S. The molecule has 1 atom stereocenters. The van der Waals surface area contributed by atoms with Gasteiger partial charge in [-0.1, -0.05) is 12.1 Å². The molecule has 0 N–H and O–H groups in total. The minimum absolute atomic E-state index is 0.226. The van der Waals surface area contributed by atoms with Crippen LogP contribution in [0.3, 0.4) is 0 Å². The number of hydrogen-bond donors (Lipinski definition) is 0. The van der Waals surface area contributed by atoms with Gasteiger partial charge in [-0.25, -0.2) is 9.78 Å². The van der Waals surface area contributed by atoms with E-state index in [-0.39, 0.29) is 12.4 Å². The van der Waals surface area contributed by atoms with Crippen LogP contribution in [0.5, 0.6) is 0 Å². The van der Waals surface area contributed by atoms with Crippen LogP contribution >= 0.6 is 11.3 Å². The second kappa shape index (κ2) is 5.58. The summed E-state index contributed by atoms with van der Waals surface area (Å²) in [5.74, 6) is -0.827. The summed E-state index contributed by atoms with van der Waals surface area (Å²) in [6.07, 6.45) is 0.479. The van der Waals surface area contributed by atoms with Crippen LogP contribution in [0.15, 0.2) is 24.3 Å². The Morgan fingerprint density at radius 1 is 1.45 bits per heavy atom. The molecule has 1 aromatic carbocycles. The number of ether oxygens (including phenoxy) is 2. The Morgan fingerprint density at radius 2 is 2.30 bits per heavy atom. The third kappa shape index (κ3) is 2.80. The second-order valence-electron chi connectivity index (χ2n) is 4.51. The number of esters is 2. The molecule has 2 aromatic rings. The molecule has 104 valence electrons. The predicted molar refractivity (Wildman–Crippen MR) is 73.4 cm³/mol. The van der Waals surface area contributed by atoms with Gasteiger partial charge in [0.05, 0.1) is 28.3 Å². The van der Waals surface area contributed by atoms with E-state index in [4.69, 9.17) is 9.47 Å². The third-order valence-electron chi connectivity index (χ3n) is 3.04. The smallest absolute Gasteiger partial charge is 0.347 e. The molecule has 5 nitrogen and oxygen atoms in total. The zero-order valence-corrected chi connectivity index (χ0v) is 11.5. The van der Waals surface area contributed by atoms with E-state index >= 15 is 0 Å². The van der Waals surface area contributed by atoms with E-state index in [0.29, 0.717) is 19.4 Å². The minimum atomic E-state index is -0.724. The average Bonchev–Trinajstić information content (AvgIpc) is 3.03. The Hall–Kier alpha value is -1.95. The number of carbonyl (C=O) groups excluding carboxylic acids is 2. The van der Waals surface area contributed by atoms with Crippen molar-refractivity contribution < 1.29 is 19.1 Å². The van der Waals surface area contributed by atoms with Gasteiger partial charge in [-0.15, -0.1) is 11.3 Å². The van der Waals surface area contributed by atoms with E-state index in [1.54, 1.807) is 11.3 Å². The van der Waals surface area contributed by atoms with Crippen molar-refractivity contribution in [1.82, 2.24) is 4.98 Å². The Balaban J connectivity index is 1.56. The van der Waals surface area contributed by atoms with Crippen molar-refractivity contribution in [2.75, 3.05) is 6.61 Å². The maximum absolute atomic E-state index is 11.7. The number of aryl methyl sites for hydroxylation is 1. The third-order valence-corrected chi connectivity index (χ3v) is 4.14. The van der Waals surface area contributed by atoms with Crippen LogP contribution in [0.25, 0.3) is 10.2 Å². The number of rotatable bonds is 4. The molecule has 20 heavy (non-hydrogen) atoms. The first-order chi connectivity index (χ1) is 9.72. The zero-order valence-electron chi connectivity index (χ0n) is 10.7. The topological polar surface area (TPSA) is 65.5 Å². The van der Waals surface area contributed by atoms with Crippen molar-refractivity contribution in [3.63, 3.8) is 0 Å². The van der Waals surface area contributed by atoms with Crippen LogP contribution in [0.4, 0.5) is 0 Å². The zero-order chi connectivity index (χ0) is 13.9. The second-order valence-corrected chi connectivity index (χ2v) is 5.63. The van der Waals surface area contributed by atoms with Crippen molar-refractivity contribution in [2.24, 2.45) is 0 Å². The quantitative estimate of drug-likeness (QED) is 0.807. The molecule has 2 heterocycles. The number of cyclic esters (lactones) is 1. The largest absolute Gasteiger partial charge is 0.463 e. The normalized spacial score (nSPS) is 18.2. The van der Waals surface area contributed by atoms with Crippen molar-refractivity contribution in [1.29, 1.82) is 0 Å². The molecule has 0 bridgehead atoms. The highest BCUT2D eigenvalue weighted by molar-refractivity contribution is 7.18. The van der Waals surface area contributed by atoms with Crippen LogP contribution in [-0.4, -0.2) is 29.6 Å². The van der Waals surface area contributed by atoms with Crippen LogP contribution in [0.1, 0.15) is 17.8 Å². The summed E-state index contributed by atoms with van der Waals surface area (Å²) in [6.45, 7) is 0.328. The molecule has 6 heteroatoms. The van der Waals surface area contributed by atoms with Crippen molar-refractivity contribution in [2.45, 2.75) is 25.4 Å². The highest BCUT2D eigenvalue weighted by Gasteiger charge is 2.29. The standard InChI is InChI=1S/C14H13NO4S/c16-13(19-10-7-8-18-14(10)17)6-5-12-15-9-3-1-2-4-11(9)20-12/h1-4,10H,5-8H2. The highest BCUT2D eigenvalue weighted by Crippen LogP contribution is 2.22. The van der Waals surface area contributed by atoms with Gasteiger partial charge >= 0.3 is 11.9 Å². The monoisotopic (exact) mass is 291 g/mol. The van der Waals surface area contributed by atoms with E-state index in [2.05, 4.69) is 4.98 Å². The molecular weight excluding hydrogens is 278 g/mol. The fourth-order valence-corrected chi connectivity index (χ4v) is 3.00. The maximum Gasteiger partial charge on any atom is 0.347 e. The van der Waals surface area contributed by atoms with Crippen LogP contribution in [0, 0.1) is 0 Å². The molecule has 1 fully saturated rings. The van der Waals surface area contributed by atoms with E-state index in [1.165, 1.54) is 0 Å². The van der Waals surface area contributed by atoms with Gasteiger partial charge in [0.2, 0.25) is 6.10 Å². The predicted octanol–water partition coefficient (Wildman–Crippen LogP) is 2.09. The van der Waals surface area contributed by atoms with Gasteiger partial charge in [0, 0.05) is 12.8 Å². The summed E-state index contributed by atoms with van der Waals surface area (Å²) in [5.41, 5.74) is 0.945. The number of carbonyl (C=O) groups is 2. The van der Waals surface area contributed by atoms with E-state index < -0.39 is 12.1 Å². The minimum Gasteiger partial charge on any atom is -0.463 e. The lowest BCUT2D eigenvalue weighted by Gasteiger charge is -2.07. The fourth-order valence-electron chi connectivity index (χ4n) is 2.04. The molecule has 0 saturated carbocycles. The molecule has 1 aliphatic rings. The Labute approximate surface area is 119 Å². The SMILES string of the molecule is O=C(CCc1nc2ccccc2s1)OC1CCOC1=O. The molecule has 3 rings (SSSR count). The summed E-state index contributed by atoms with van der Waals surface area (Å²) in [7, 11) is 0. The summed E-state index contributed by atoms with van der Waals surface area (Å²) < 4.78 is 10.9. The Kier molecular flexibility index (Phi) is 3.64. The summed E-state index contributed by atoms with van der Waals surface area (Å²) >= 11 is 1.57. The van der Waals surface area contributed by atoms with Crippen LogP contribution in [0.2, 0.25) is 0 Å². The molecule has 0 amide bonds. The van der Waals surface area contributed by atoms with Crippen molar-refractivity contribution >= 4 is 33.5 Å². The fraction of sp³-hybridized carbons (Fsp3) is 0.357. The van der Waals surface area contributed by atoms with Crippen molar-refractivity contribution in [3.8, 4) is 0 Å². The lowest BCUT2D eigenvalue weighted by atomic mass is 10.3. The number of thiazole rings is 1.